The van der Waals surface area contributed by atoms with Crippen molar-refractivity contribution in [2.75, 3.05) is 7.05 Å². The number of hydrogen-bond donors (Lipinski definition) is 0. The molecule has 0 radical (unpaired) electrons. The fourth-order valence-corrected chi connectivity index (χ4v) is 4.25. The zero-order chi connectivity index (χ0) is 18.5. The molecular formula is C20H19BrN2OS2. The Morgan fingerprint density at radius 2 is 1.85 bits per heavy atom. The van der Waals surface area contributed by atoms with Gasteiger partial charge in [0.1, 0.15) is 0 Å². The molecule has 0 saturated heterocycles. The molecule has 3 nitrogen and oxygen atoms in total. The van der Waals surface area contributed by atoms with Gasteiger partial charge in [-0.25, -0.2) is 4.98 Å². The van der Waals surface area contributed by atoms with Gasteiger partial charge >= 0.3 is 0 Å². The molecule has 3 rings (SSSR count). The summed E-state index contributed by atoms with van der Waals surface area (Å²) in [6.45, 7) is 2.61. The molecule has 6 heteroatoms. The molecule has 0 fully saturated rings. The summed E-state index contributed by atoms with van der Waals surface area (Å²) in [7, 11) is 1.83. The summed E-state index contributed by atoms with van der Waals surface area (Å²) in [5.74, 6) is 0.876. The van der Waals surface area contributed by atoms with Crippen LogP contribution in [0.5, 0.6) is 0 Å². The molecule has 0 aliphatic carbocycles. The van der Waals surface area contributed by atoms with Crippen LogP contribution in [-0.2, 0) is 12.3 Å². The topological polar surface area (TPSA) is 33.2 Å². The molecule has 1 heterocycles. The highest BCUT2D eigenvalue weighted by Crippen LogP contribution is 2.24. The normalized spacial score (nSPS) is 10.7. The number of rotatable bonds is 6. The third kappa shape index (κ3) is 5.19. The maximum Gasteiger partial charge on any atom is 0.253 e. The number of carbonyl (C=O) groups excluding carboxylic acids is 1. The van der Waals surface area contributed by atoms with Crippen molar-refractivity contribution < 1.29 is 4.79 Å². The van der Waals surface area contributed by atoms with Crippen LogP contribution in [0.4, 0.5) is 0 Å². The van der Waals surface area contributed by atoms with Gasteiger partial charge in [-0.05, 0) is 48.9 Å². The minimum absolute atomic E-state index is 0.0274. The summed E-state index contributed by atoms with van der Waals surface area (Å²) < 4.78 is 1.04. The first kappa shape index (κ1) is 19.1. The second kappa shape index (κ2) is 8.84. The number of aryl methyl sites for hydroxylation is 1. The summed E-state index contributed by atoms with van der Waals surface area (Å²) in [5, 5.41) is 3.19. The van der Waals surface area contributed by atoms with Gasteiger partial charge in [0.2, 0.25) is 0 Å². The molecule has 0 atom stereocenters. The van der Waals surface area contributed by atoms with E-state index in [9.17, 15) is 4.79 Å². The molecule has 0 bridgehead atoms. The van der Waals surface area contributed by atoms with Crippen molar-refractivity contribution in [1.29, 1.82) is 0 Å². The third-order valence-corrected chi connectivity index (χ3v) is 6.23. The molecule has 2 aromatic carbocycles. The fraction of sp³-hybridized carbons (Fsp3) is 0.200. The number of thiazole rings is 1. The largest absolute Gasteiger partial charge is 0.337 e. The van der Waals surface area contributed by atoms with Gasteiger partial charge in [-0.3, -0.25) is 4.79 Å². The van der Waals surface area contributed by atoms with E-state index in [0.29, 0.717) is 12.1 Å². The standard InChI is InChI=1S/C20H19BrN2OS2/c1-14-22-18(12-25-14)13-26-19-9-5-16(6-10-19)20(24)23(2)11-15-3-7-17(21)8-4-15/h3-10,12H,11,13H2,1-2H3. The van der Waals surface area contributed by atoms with Crippen molar-refractivity contribution in [3.8, 4) is 0 Å². The Morgan fingerprint density at radius 1 is 1.15 bits per heavy atom. The lowest BCUT2D eigenvalue weighted by Crippen LogP contribution is -2.26. The van der Waals surface area contributed by atoms with Crippen molar-refractivity contribution in [3.05, 3.63) is 80.2 Å². The summed E-state index contributed by atoms with van der Waals surface area (Å²) in [6, 6.07) is 15.8. The maximum absolute atomic E-state index is 12.6. The fourth-order valence-electron chi connectivity index (χ4n) is 2.48. The van der Waals surface area contributed by atoms with E-state index in [4.69, 9.17) is 0 Å². The second-order valence-electron chi connectivity index (χ2n) is 5.96. The number of benzene rings is 2. The van der Waals surface area contributed by atoms with E-state index in [1.807, 2.05) is 62.5 Å². The van der Waals surface area contributed by atoms with Gasteiger partial charge in [-0.15, -0.1) is 23.1 Å². The number of halogens is 1. The Balaban J connectivity index is 1.58. The molecule has 3 aromatic rings. The minimum atomic E-state index is 0.0274. The van der Waals surface area contributed by atoms with Gasteiger partial charge in [0.15, 0.2) is 0 Å². The summed E-state index contributed by atoms with van der Waals surface area (Å²) in [4.78, 5) is 20.0. The number of nitrogens with zero attached hydrogens (tertiary/aromatic N) is 2. The average Bonchev–Trinajstić information content (AvgIpc) is 3.07. The zero-order valence-electron chi connectivity index (χ0n) is 14.6. The van der Waals surface area contributed by atoms with E-state index in [-0.39, 0.29) is 5.91 Å². The molecule has 1 amide bonds. The Bertz CT molecular complexity index is 876. The number of amides is 1. The van der Waals surface area contributed by atoms with E-state index in [2.05, 4.69) is 26.3 Å². The lowest BCUT2D eigenvalue weighted by Gasteiger charge is -2.17. The number of aromatic nitrogens is 1. The van der Waals surface area contributed by atoms with Crippen LogP contribution in [-0.4, -0.2) is 22.8 Å². The average molecular weight is 447 g/mol. The summed E-state index contributed by atoms with van der Waals surface area (Å²) in [6.07, 6.45) is 0. The lowest BCUT2D eigenvalue weighted by atomic mass is 10.1. The molecule has 1 aromatic heterocycles. The summed E-state index contributed by atoms with van der Waals surface area (Å²) in [5.41, 5.74) is 2.92. The second-order valence-corrected chi connectivity index (χ2v) is 8.99. The first-order valence-corrected chi connectivity index (χ1v) is 10.8. The van der Waals surface area contributed by atoms with Crippen LogP contribution < -0.4 is 0 Å². The third-order valence-electron chi connectivity index (χ3n) is 3.83. The van der Waals surface area contributed by atoms with Crippen molar-refractivity contribution in [3.63, 3.8) is 0 Å². The predicted molar refractivity (Wildman–Crippen MR) is 113 cm³/mol. The molecule has 0 saturated carbocycles. The summed E-state index contributed by atoms with van der Waals surface area (Å²) >= 11 is 6.83. The van der Waals surface area contributed by atoms with Crippen LogP contribution >= 0.6 is 39.0 Å². The van der Waals surface area contributed by atoms with Crippen molar-refractivity contribution in [2.24, 2.45) is 0 Å². The van der Waals surface area contributed by atoms with Gasteiger partial charge < -0.3 is 4.90 Å². The Hall–Kier alpha value is -1.63. The van der Waals surface area contributed by atoms with Crippen molar-refractivity contribution in [1.82, 2.24) is 9.88 Å². The van der Waals surface area contributed by atoms with E-state index in [1.165, 1.54) is 0 Å². The lowest BCUT2D eigenvalue weighted by molar-refractivity contribution is 0.0785. The predicted octanol–water partition coefficient (Wildman–Crippen LogP) is 5.78. The molecule has 26 heavy (non-hydrogen) atoms. The van der Waals surface area contributed by atoms with Gasteiger partial charge in [0.25, 0.3) is 5.91 Å². The molecule has 0 unspecified atom stereocenters. The van der Waals surface area contributed by atoms with Gasteiger partial charge in [0.05, 0.1) is 10.7 Å². The van der Waals surface area contributed by atoms with Gasteiger partial charge in [-0.1, -0.05) is 28.1 Å². The van der Waals surface area contributed by atoms with E-state index >= 15 is 0 Å². The van der Waals surface area contributed by atoms with Gasteiger partial charge in [-0.2, -0.15) is 0 Å². The smallest absolute Gasteiger partial charge is 0.253 e. The number of carbonyl (C=O) groups is 1. The van der Waals surface area contributed by atoms with E-state index < -0.39 is 0 Å². The first-order valence-electron chi connectivity index (χ1n) is 8.15. The van der Waals surface area contributed by atoms with Crippen LogP contribution in [0.15, 0.2) is 63.3 Å². The molecule has 134 valence electrons. The first-order chi connectivity index (χ1) is 12.5. The van der Waals surface area contributed by atoms with Crippen molar-refractivity contribution in [2.45, 2.75) is 24.1 Å². The van der Waals surface area contributed by atoms with Crippen LogP contribution in [0.25, 0.3) is 0 Å². The van der Waals surface area contributed by atoms with E-state index in [0.717, 1.165) is 31.4 Å². The van der Waals surface area contributed by atoms with Crippen LogP contribution in [0.3, 0.4) is 0 Å². The SMILES string of the molecule is Cc1nc(CSc2ccc(C(=O)N(C)Cc3ccc(Br)cc3)cc2)cs1. The minimum Gasteiger partial charge on any atom is -0.337 e. The Labute approximate surface area is 170 Å². The zero-order valence-corrected chi connectivity index (χ0v) is 17.8. The van der Waals surface area contributed by atoms with Crippen LogP contribution in [0.1, 0.15) is 26.6 Å². The number of thioether (sulfide) groups is 1. The Morgan fingerprint density at radius 3 is 2.46 bits per heavy atom. The van der Waals surface area contributed by atoms with Crippen LogP contribution in [0, 0.1) is 6.92 Å². The highest BCUT2D eigenvalue weighted by atomic mass is 79.9. The monoisotopic (exact) mass is 446 g/mol. The highest BCUT2D eigenvalue weighted by Gasteiger charge is 2.12. The molecule has 0 N–H and O–H groups in total. The van der Waals surface area contributed by atoms with Gasteiger partial charge in [0, 0.05) is 39.7 Å². The highest BCUT2D eigenvalue weighted by molar-refractivity contribution is 9.10. The maximum atomic E-state index is 12.6. The van der Waals surface area contributed by atoms with Crippen molar-refractivity contribution >= 4 is 44.9 Å². The molecule has 0 aliphatic rings. The Kier molecular flexibility index (Phi) is 6.51. The molecule has 0 spiro atoms. The molecule has 0 aliphatic heterocycles. The number of hydrogen-bond acceptors (Lipinski definition) is 4. The molecular weight excluding hydrogens is 428 g/mol. The van der Waals surface area contributed by atoms with E-state index in [1.54, 1.807) is 28.0 Å². The quantitative estimate of drug-likeness (QED) is 0.449. The van der Waals surface area contributed by atoms with Crippen LogP contribution in [0.2, 0.25) is 0 Å².